The molecule has 1 fully saturated rings. The zero-order valence-corrected chi connectivity index (χ0v) is 7.43. The Morgan fingerprint density at radius 2 is 2.17 bits per heavy atom. The maximum absolute atomic E-state index is 5.78. The first-order valence-corrected chi connectivity index (χ1v) is 4.45. The molecule has 0 atom stereocenters. The van der Waals surface area contributed by atoms with Gasteiger partial charge in [0.25, 0.3) is 0 Å². The summed E-state index contributed by atoms with van der Waals surface area (Å²) in [4.78, 5) is 0. The zero-order chi connectivity index (χ0) is 8.55. The van der Waals surface area contributed by atoms with Gasteiger partial charge in [0.2, 0.25) is 0 Å². The second-order valence-electron chi connectivity index (χ2n) is 3.15. The minimum Gasteiger partial charge on any atom is -0.382 e. The fourth-order valence-electron chi connectivity index (χ4n) is 1.10. The summed E-state index contributed by atoms with van der Waals surface area (Å²) in [5.74, 6) is 0. The number of halogens is 1. The van der Waals surface area contributed by atoms with Gasteiger partial charge in [-0.1, -0.05) is 17.1 Å². The van der Waals surface area contributed by atoms with Crippen LogP contribution in [-0.2, 0) is 0 Å². The summed E-state index contributed by atoms with van der Waals surface area (Å²) >= 11 is 5.78. The SMILES string of the molecule is [B]c1cc(NC2CC2)ccc1Cl. The highest BCUT2D eigenvalue weighted by atomic mass is 35.5. The monoisotopic (exact) mass is 177 g/mol. The third kappa shape index (κ3) is 1.75. The topological polar surface area (TPSA) is 12.0 Å². The second-order valence-corrected chi connectivity index (χ2v) is 3.56. The van der Waals surface area contributed by atoms with Crippen LogP contribution in [0.15, 0.2) is 18.2 Å². The lowest BCUT2D eigenvalue weighted by atomic mass is 9.96. The number of nitrogens with one attached hydrogen (secondary N) is 1. The van der Waals surface area contributed by atoms with Crippen LogP contribution >= 0.6 is 11.6 Å². The summed E-state index contributed by atoms with van der Waals surface area (Å²) in [5, 5.41) is 3.97. The van der Waals surface area contributed by atoms with Gasteiger partial charge in [0, 0.05) is 16.8 Å². The summed E-state index contributed by atoms with van der Waals surface area (Å²) in [7, 11) is 5.64. The van der Waals surface area contributed by atoms with Crippen molar-refractivity contribution in [2.45, 2.75) is 18.9 Å². The van der Waals surface area contributed by atoms with Crippen molar-refractivity contribution in [2.24, 2.45) is 0 Å². The maximum atomic E-state index is 5.78. The highest BCUT2D eigenvalue weighted by Crippen LogP contribution is 2.24. The molecule has 1 aliphatic rings. The van der Waals surface area contributed by atoms with Crippen LogP contribution in [0.3, 0.4) is 0 Å². The van der Waals surface area contributed by atoms with E-state index in [-0.39, 0.29) is 0 Å². The van der Waals surface area contributed by atoms with E-state index in [9.17, 15) is 0 Å². The third-order valence-electron chi connectivity index (χ3n) is 1.94. The molecule has 0 bridgehead atoms. The molecule has 0 saturated heterocycles. The molecule has 0 amide bonds. The van der Waals surface area contributed by atoms with Gasteiger partial charge in [-0.15, -0.1) is 0 Å². The van der Waals surface area contributed by atoms with Crippen molar-refractivity contribution < 1.29 is 0 Å². The van der Waals surface area contributed by atoms with E-state index < -0.39 is 0 Å². The summed E-state index contributed by atoms with van der Waals surface area (Å²) in [6.07, 6.45) is 2.53. The van der Waals surface area contributed by atoms with Gasteiger partial charge in [-0.3, -0.25) is 0 Å². The van der Waals surface area contributed by atoms with Gasteiger partial charge in [0.05, 0.1) is 0 Å². The third-order valence-corrected chi connectivity index (χ3v) is 2.29. The minimum absolute atomic E-state index is 0.622. The Balaban J connectivity index is 2.15. The van der Waals surface area contributed by atoms with Crippen LogP contribution in [-0.4, -0.2) is 13.9 Å². The van der Waals surface area contributed by atoms with E-state index >= 15 is 0 Å². The van der Waals surface area contributed by atoms with Gasteiger partial charge in [0.15, 0.2) is 0 Å². The van der Waals surface area contributed by atoms with Gasteiger partial charge >= 0.3 is 0 Å². The molecule has 0 heterocycles. The molecule has 2 rings (SSSR count). The fourth-order valence-corrected chi connectivity index (χ4v) is 1.21. The van der Waals surface area contributed by atoms with E-state index in [4.69, 9.17) is 19.4 Å². The number of anilines is 1. The average molecular weight is 177 g/mol. The molecule has 60 valence electrons. The molecule has 0 aliphatic heterocycles. The number of hydrogen-bond donors (Lipinski definition) is 1. The Bertz CT molecular complexity index is 297. The molecule has 1 nitrogen and oxygen atoms in total. The van der Waals surface area contributed by atoms with E-state index in [1.165, 1.54) is 12.8 Å². The standard InChI is InChI=1S/C9H9BClN/c10-8-5-7(3-4-9(8)11)12-6-1-2-6/h3-6,12H,1-2H2. The van der Waals surface area contributed by atoms with Crippen LogP contribution in [0, 0.1) is 0 Å². The Morgan fingerprint density at radius 3 is 2.75 bits per heavy atom. The molecule has 1 saturated carbocycles. The molecule has 0 unspecified atom stereocenters. The molecule has 1 aliphatic carbocycles. The summed E-state index contributed by atoms with van der Waals surface area (Å²) in [6, 6.07) is 6.31. The Hall–Kier alpha value is -0.625. The van der Waals surface area contributed by atoms with Crippen molar-refractivity contribution >= 4 is 30.6 Å². The molecule has 1 aromatic rings. The summed E-state index contributed by atoms with van der Waals surface area (Å²) in [5.41, 5.74) is 1.71. The molecule has 0 spiro atoms. The number of rotatable bonds is 2. The maximum Gasteiger partial charge on any atom is 0.115 e. The summed E-state index contributed by atoms with van der Waals surface area (Å²) in [6.45, 7) is 0. The lowest BCUT2D eigenvalue weighted by molar-refractivity contribution is 1.16. The Kier molecular flexibility index (Phi) is 2.01. The van der Waals surface area contributed by atoms with Crippen LogP contribution in [0.1, 0.15) is 12.8 Å². The molecule has 1 N–H and O–H groups in total. The molecule has 1 aromatic carbocycles. The normalized spacial score (nSPS) is 16.1. The van der Waals surface area contributed by atoms with Crippen molar-refractivity contribution in [2.75, 3.05) is 5.32 Å². The molecule has 12 heavy (non-hydrogen) atoms. The highest BCUT2D eigenvalue weighted by molar-refractivity contribution is 6.45. The molecular weight excluding hydrogens is 168 g/mol. The van der Waals surface area contributed by atoms with Crippen molar-refractivity contribution in [3.63, 3.8) is 0 Å². The van der Waals surface area contributed by atoms with Crippen molar-refractivity contribution in [3.8, 4) is 0 Å². The minimum atomic E-state index is 0.622. The van der Waals surface area contributed by atoms with Gasteiger partial charge in [-0.25, -0.2) is 0 Å². The predicted molar refractivity (Wildman–Crippen MR) is 53.5 cm³/mol. The molecule has 0 aromatic heterocycles. The van der Waals surface area contributed by atoms with Crippen molar-refractivity contribution in [3.05, 3.63) is 23.2 Å². The van der Waals surface area contributed by atoms with Crippen molar-refractivity contribution in [1.82, 2.24) is 0 Å². The van der Waals surface area contributed by atoms with Crippen LogP contribution in [0.2, 0.25) is 5.02 Å². The van der Waals surface area contributed by atoms with Crippen LogP contribution in [0.25, 0.3) is 0 Å². The van der Waals surface area contributed by atoms with Gasteiger partial charge in [-0.05, 0) is 31.0 Å². The molecule has 2 radical (unpaired) electrons. The number of benzene rings is 1. The lowest BCUT2D eigenvalue weighted by Gasteiger charge is -2.06. The zero-order valence-electron chi connectivity index (χ0n) is 6.68. The first-order chi connectivity index (χ1) is 5.75. The van der Waals surface area contributed by atoms with E-state index in [1.807, 2.05) is 18.2 Å². The van der Waals surface area contributed by atoms with Crippen LogP contribution in [0.4, 0.5) is 5.69 Å². The molecule has 3 heteroatoms. The average Bonchev–Trinajstić information content (AvgIpc) is 2.81. The van der Waals surface area contributed by atoms with Crippen LogP contribution in [0.5, 0.6) is 0 Å². The smallest absolute Gasteiger partial charge is 0.115 e. The van der Waals surface area contributed by atoms with Crippen molar-refractivity contribution in [1.29, 1.82) is 0 Å². The molecular formula is C9H9BClN. The lowest BCUT2D eigenvalue weighted by Crippen LogP contribution is -2.08. The Labute approximate surface area is 78.5 Å². The largest absolute Gasteiger partial charge is 0.382 e. The van der Waals surface area contributed by atoms with Gasteiger partial charge in [-0.2, -0.15) is 0 Å². The van der Waals surface area contributed by atoms with Crippen LogP contribution < -0.4 is 10.8 Å². The summed E-state index contributed by atoms with van der Waals surface area (Å²) < 4.78 is 0. The van der Waals surface area contributed by atoms with E-state index in [0.29, 0.717) is 16.5 Å². The number of hydrogen-bond acceptors (Lipinski definition) is 1. The Morgan fingerprint density at radius 1 is 1.42 bits per heavy atom. The van der Waals surface area contributed by atoms with E-state index in [2.05, 4.69) is 5.32 Å². The van der Waals surface area contributed by atoms with Gasteiger partial charge in [0.1, 0.15) is 7.85 Å². The quantitative estimate of drug-likeness (QED) is 0.678. The second kappa shape index (κ2) is 3.02. The van der Waals surface area contributed by atoms with E-state index in [0.717, 1.165) is 5.69 Å². The van der Waals surface area contributed by atoms with Gasteiger partial charge < -0.3 is 5.32 Å². The fraction of sp³-hybridized carbons (Fsp3) is 0.333. The highest BCUT2D eigenvalue weighted by Gasteiger charge is 2.20. The first-order valence-electron chi connectivity index (χ1n) is 4.07. The predicted octanol–water partition coefficient (Wildman–Crippen LogP) is 1.71. The first kappa shape index (κ1) is 8.00. The van der Waals surface area contributed by atoms with E-state index in [1.54, 1.807) is 0 Å².